The summed E-state index contributed by atoms with van der Waals surface area (Å²) in [6, 6.07) is 0. The van der Waals surface area contributed by atoms with E-state index in [2.05, 4.69) is 0 Å². The first kappa shape index (κ1) is 43.8. The van der Waals surface area contributed by atoms with Crippen LogP contribution >= 0.6 is 209 Å². The number of halogens is 14. The molecule has 0 radical (unpaired) electrons. The van der Waals surface area contributed by atoms with Crippen LogP contribution in [0.3, 0.4) is 0 Å². The van der Waals surface area contributed by atoms with Crippen LogP contribution in [-0.2, 0) is 9.47 Å². The van der Waals surface area contributed by atoms with Crippen molar-refractivity contribution in [2.75, 3.05) is 49.4 Å². The fourth-order valence-corrected chi connectivity index (χ4v) is 7.68. The smallest absolute Gasteiger partial charge is 0.127 e. The number of ether oxygens (including phenoxy) is 2. The summed E-state index contributed by atoms with van der Waals surface area (Å²) >= 11 is 88.1. The van der Waals surface area contributed by atoms with E-state index < -0.39 is 0 Å². The molecule has 0 atom stereocenters. The highest BCUT2D eigenvalue weighted by atomic mass is 35.5. The van der Waals surface area contributed by atoms with Gasteiger partial charge in [-0.15, -0.1) is 47.0 Å². The van der Waals surface area contributed by atoms with Crippen molar-refractivity contribution in [3.05, 3.63) is 56.6 Å². The Bertz CT molecular complexity index is 939. The number of rotatable bonds is 19. The second-order valence-electron chi connectivity index (χ2n) is 6.12. The summed E-state index contributed by atoms with van der Waals surface area (Å²) in [4.78, 5) is 0. The van der Waals surface area contributed by atoms with Crippen molar-refractivity contribution in [1.82, 2.24) is 0 Å². The van der Waals surface area contributed by atoms with Gasteiger partial charge in [0, 0.05) is 23.0 Å². The second kappa shape index (κ2) is 25.9. The maximum absolute atomic E-state index is 6.27. The Morgan fingerprint density at radius 3 is 0.725 bits per heavy atom. The lowest BCUT2D eigenvalue weighted by Gasteiger charge is -2.08. The molecule has 0 N–H and O–H groups in total. The third kappa shape index (κ3) is 19.5. The molecule has 0 aliphatic carbocycles. The maximum Gasteiger partial charge on any atom is 0.127 e. The molecule has 0 aromatic carbocycles. The zero-order chi connectivity index (χ0) is 30.8. The standard InChI is InChI=1S/C20H16Cl14O2S4/c21-9(15(27)28)11(23)17(31)37-5-1-35-3-7-39-19(33)13(25)14(26)20(34)40-8-4-36-2-6-38-18(32)12(24)10(22)16(29)30/h1-8H2/b17-11-,18-12-,19-13-,20-14-. The van der Waals surface area contributed by atoms with E-state index in [9.17, 15) is 0 Å². The molecule has 2 nitrogen and oxygen atoms in total. The average Bonchev–Trinajstić information content (AvgIpc) is 2.92. The van der Waals surface area contributed by atoms with Gasteiger partial charge in [-0.25, -0.2) is 0 Å². The van der Waals surface area contributed by atoms with Crippen LogP contribution in [0.15, 0.2) is 56.6 Å². The molecule has 0 unspecified atom stereocenters. The van der Waals surface area contributed by atoms with Gasteiger partial charge in [0.05, 0.1) is 74.1 Å². The van der Waals surface area contributed by atoms with E-state index in [1.54, 1.807) is 0 Å². The van der Waals surface area contributed by atoms with Crippen LogP contribution in [0.2, 0.25) is 0 Å². The van der Waals surface area contributed by atoms with Crippen LogP contribution in [0.1, 0.15) is 0 Å². The quantitative estimate of drug-likeness (QED) is 0.0943. The lowest BCUT2D eigenvalue weighted by atomic mass is 10.6. The van der Waals surface area contributed by atoms with Gasteiger partial charge in [0.1, 0.15) is 8.98 Å². The van der Waals surface area contributed by atoms with Crippen LogP contribution in [-0.4, -0.2) is 49.4 Å². The minimum absolute atomic E-state index is 0.0250. The lowest BCUT2D eigenvalue weighted by Crippen LogP contribution is -2.01. The maximum atomic E-state index is 6.27. The molecule has 0 heterocycles. The zero-order valence-corrected chi connectivity index (χ0v) is 33.2. The van der Waals surface area contributed by atoms with E-state index >= 15 is 0 Å². The molecule has 0 rings (SSSR count). The largest absolute Gasteiger partial charge is 0.380 e. The van der Waals surface area contributed by atoms with Crippen LogP contribution in [0.4, 0.5) is 0 Å². The molecule has 0 aromatic heterocycles. The normalized spacial score (nSPS) is 14.2. The van der Waals surface area contributed by atoms with Crippen molar-refractivity contribution in [2.45, 2.75) is 0 Å². The van der Waals surface area contributed by atoms with E-state index in [1.807, 2.05) is 0 Å². The molecule has 0 saturated heterocycles. The first-order valence-electron chi connectivity index (χ1n) is 10.0. The fourth-order valence-electron chi connectivity index (χ4n) is 1.73. The predicted molar refractivity (Wildman–Crippen MR) is 196 cm³/mol. The van der Waals surface area contributed by atoms with Gasteiger partial charge in [-0.05, 0) is 0 Å². The summed E-state index contributed by atoms with van der Waals surface area (Å²) < 4.78 is 11.8. The van der Waals surface area contributed by atoms with E-state index in [0.717, 1.165) is 0 Å². The molecule has 40 heavy (non-hydrogen) atoms. The van der Waals surface area contributed by atoms with Gasteiger partial charge in [-0.2, -0.15) is 0 Å². The molecule has 0 amide bonds. The van der Waals surface area contributed by atoms with Gasteiger partial charge in [0.15, 0.2) is 0 Å². The first-order valence-corrected chi connectivity index (χ1v) is 19.3. The summed E-state index contributed by atoms with van der Waals surface area (Å²) in [6.07, 6.45) is 0. The van der Waals surface area contributed by atoms with E-state index in [1.165, 1.54) is 47.0 Å². The highest BCUT2D eigenvalue weighted by molar-refractivity contribution is 8.05. The number of hydrogen-bond acceptors (Lipinski definition) is 6. The number of thioether (sulfide) groups is 4. The van der Waals surface area contributed by atoms with Crippen molar-refractivity contribution >= 4 is 209 Å². The fraction of sp³-hybridized carbons (Fsp3) is 0.400. The van der Waals surface area contributed by atoms with Gasteiger partial charge >= 0.3 is 0 Å². The highest BCUT2D eigenvalue weighted by Gasteiger charge is 2.13. The summed E-state index contributed by atoms with van der Waals surface area (Å²) in [5.74, 6) is 2.08. The summed E-state index contributed by atoms with van der Waals surface area (Å²) in [5, 5.41) is 0.355. The molecule has 0 spiro atoms. The van der Waals surface area contributed by atoms with Crippen LogP contribution < -0.4 is 0 Å². The highest BCUT2D eigenvalue weighted by Crippen LogP contribution is 2.39. The molecule has 0 fully saturated rings. The van der Waals surface area contributed by atoms with Gasteiger partial charge in [0.25, 0.3) is 0 Å². The average molecular weight is 913 g/mol. The molecule has 0 aliphatic heterocycles. The van der Waals surface area contributed by atoms with Gasteiger partial charge in [-0.3, -0.25) is 0 Å². The molecule has 0 aromatic rings. The van der Waals surface area contributed by atoms with Crippen molar-refractivity contribution in [2.24, 2.45) is 0 Å². The van der Waals surface area contributed by atoms with E-state index in [0.29, 0.717) is 49.4 Å². The number of hydrogen-bond donors (Lipinski definition) is 0. The Labute approximate surface area is 321 Å². The predicted octanol–water partition coefficient (Wildman–Crippen LogP) is 14.3. The van der Waals surface area contributed by atoms with Crippen molar-refractivity contribution in [3.63, 3.8) is 0 Å². The van der Waals surface area contributed by atoms with Crippen molar-refractivity contribution in [3.8, 4) is 0 Å². The minimum atomic E-state index is -0.173. The SMILES string of the molecule is ClC(Cl)=C(Cl)/C(Cl)=C(\Cl)SCCOCCS/C(Cl)=C(Cl)/C(Cl)=C(\Cl)SCCOCCS/C(Cl)=C(\Cl)C(Cl)=C(Cl)Cl. The number of allylic oxidation sites excluding steroid dienone is 6. The molecular weight excluding hydrogens is 897 g/mol. The molecule has 20 heteroatoms. The topological polar surface area (TPSA) is 18.5 Å². The van der Waals surface area contributed by atoms with E-state index in [-0.39, 0.29) is 56.6 Å². The second-order valence-corrected chi connectivity index (χ2v) is 17.1. The van der Waals surface area contributed by atoms with Gasteiger partial charge in [-0.1, -0.05) is 162 Å². The van der Waals surface area contributed by atoms with Crippen molar-refractivity contribution in [1.29, 1.82) is 0 Å². The zero-order valence-electron chi connectivity index (χ0n) is 19.4. The first-order chi connectivity index (χ1) is 18.7. The van der Waals surface area contributed by atoms with E-state index in [4.69, 9.17) is 172 Å². The third-order valence-corrected chi connectivity index (χ3v) is 13.3. The molecule has 0 bridgehead atoms. The molecule has 0 saturated carbocycles. The minimum Gasteiger partial charge on any atom is -0.380 e. The Hall–Kier alpha value is 3.82. The summed E-state index contributed by atoms with van der Waals surface area (Å²) in [6.45, 7) is 1.58. The summed E-state index contributed by atoms with van der Waals surface area (Å²) in [7, 11) is 0. The van der Waals surface area contributed by atoms with Crippen molar-refractivity contribution < 1.29 is 9.47 Å². The molecular formula is C20H16Cl14O2S4. The Kier molecular flexibility index (Phi) is 28.3. The Morgan fingerprint density at radius 2 is 0.525 bits per heavy atom. The lowest BCUT2D eigenvalue weighted by molar-refractivity contribution is 0.167. The third-order valence-electron chi connectivity index (χ3n) is 3.43. The van der Waals surface area contributed by atoms with Crippen LogP contribution in [0.25, 0.3) is 0 Å². The Balaban J connectivity index is 4.34. The molecule has 230 valence electrons. The summed E-state index contributed by atoms with van der Waals surface area (Å²) in [5.41, 5.74) is 0. The van der Waals surface area contributed by atoms with Crippen LogP contribution in [0, 0.1) is 0 Å². The van der Waals surface area contributed by atoms with Crippen LogP contribution in [0.5, 0.6) is 0 Å². The molecule has 0 aliphatic rings. The van der Waals surface area contributed by atoms with Gasteiger partial charge in [0.2, 0.25) is 0 Å². The monoisotopic (exact) mass is 906 g/mol. The van der Waals surface area contributed by atoms with Gasteiger partial charge < -0.3 is 9.47 Å². The Morgan fingerprint density at radius 1 is 0.325 bits per heavy atom.